The van der Waals surface area contributed by atoms with Gasteiger partial charge in [-0.15, -0.1) is 0 Å². The van der Waals surface area contributed by atoms with Crippen molar-refractivity contribution in [2.45, 2.75) is 19.4 Å². The van der Waals surface area contributed by atoms with Gasteiger partial charge in [-0.1, -0.05) is 11.6 Å². The normalized spacial score (nSPS) is 19.4. The third-order valence-electron chi connectivity index (χ3n) is 3.54. The quantitative estimate of drug-likeness (QED) is 0.914. The first-order valence-electron chi connectivity index (χ1n) is 6.45. The largest absolute Gasteiger partial charge is 0.465 e. The summed E-state index contributed by atoms with van der Waals surface area (Å²) in [5.41, 5.74) is 1.34. The molecule has 0 aromatic carbocycles. The van der Waals surface area contributed by atoms with E-state index in [-0.39, 0.29) is 5.92 Å². The van der Waals surface area contributed by atoms with Crippen LogP contribution in [0.4, 0.5) is 4.79 Å². The van der Waals surface area contributed by atoms with E-state index in [0.29, 0.717) is 36.0 Å². The van der Waals surface area contributed by atoms with Crippen LogP contribution < -0.4 is 0 Å². The molecule has 0 saturated carbocycles. The topological polar surface area (TPSA) is 84.1 Å². The minimum absolute atomic E-state index is 0.240. The Morgan fingerprint density at radius 1 is 1.50 bits per heavy atom. The third-order valence-corrected chi connectivity index (χ3v) is 3.72. The van der Waals surface area contributed by atoms with Crippen LogP contribution in [-0.2, 0) is 6.54 Å². The molecule has 3 rings (SSSR count). The molecular weight excluding hydrogens is 282 g/mol. The molecule has 0 bridgehead atoms. The Balaban J connectivity index is 1.79. The monoisotopic (exact) mass is 295 g/mol. The predicted molar refractivity (Wildman–Crippen MR) is 72.7 cm³/mol. The number of hydrogen-bond donors (Lipinski definition) is 1. The molecule has 1 N–H and O–H groups in total. The first-order chi connectivity index (χ1) is 9.63. The molecule has 106 valence electrons. The molecule has 20 heavy (non-hydrogen) atoms. The van der Waals surface area contributed by atoms with Gasteiger partial charge in [0, 0.05) is 19.6 Å². The number of nitrogens with zero attached hydrogens (tertiary/aromatic N) is 5. The molecule has 7 nitrogen and oxygen atoms in total. The van der Waals surface area contributed by atoms with Crippen LogP contribution in [0.25, 0.3) is 11.2 Å². The molecule has 2 aromatic rings. The van der Waals surface area contributed by atoms with Gasteiger partial charge in [-0.3, -0.25) is 0 Å². The molecule has 3 heterocycles. The number of carbonyl (C=O) groups is 1. The van der Waals surface area contributed by atoms with Crippen molar-refractivity contribution in [3.05, 3.63) is 17.5 Å². The van der Waals surface area contributed by atoms with E-state index in [9.17, 15) is 4.79 Å². The van der Waals surface area contributed by atoms with Crippen molar-refractivity contribution in [1.82, 2.24) is 24.6 Å². The van der Waals surface area contributed by atoms with Crippen LogP contribution in [-0.4, -0.2) is 48.9 Å². The van der Waals surface area contributed by atoms with Gasteiger partial charge in [0.25, 0.3) is 0 Å². The van der Waals surface area contributed by atoms with E-state index < -0.39 is 6.09 Å². The lowest BCUT2D eigenvalue weighted by molar-refractivity contribution is 0.116. The van der Waals surface area contributed by atoms with Gasteiger partial charge in [-0.25, -0.2) is 19.4 Å². The smallest absolute Gasteiger partial charge is 0.407 e. The van der Waals surface area contributed by atoms with E-state index >= 15 is 0 Å². The lowest BCUT2D eigenvalue weighted by atomic mass is 9.98. The Morgan fingerprint density at radius 3 is 3.15 bits per heavy atom. The van der Waals surface area contributed by atoms with Crippen LogP contribution >= 0.6 is 11.6 Å². The molecule has 8 heteroatoms. The van der Waals surface area contributed by atoms with Gasteiger partial charge < -0.3 is 10.0 Å². The molecule has 0 radical (unpaired) electrons. The molecule has 1 atom stereocenters. The molecule has 0 unspecified atom stereocenters. The summed E-state index contributed by atoms with van der Waals surface area (Å²) >= 11 is 5.85. The van der Waals surface area contributed by atoms with Crippen molar-refractivity contribution in [2.24, 2.45) is 5.92 Å². The second-order valence-electron chi connectivity index (χ2n) is 4.97. The zero-order valence-electron chi connectivity index (χ0n) is 10.7. The lowest BCUT2D eigenvalue weighted by Gasteiger charge is -2.30. The Hall–Kier alpha value is -1.89. The minimum Gasteiger partial charge on any atom is -0.465 e. The van der Waals surface area contributed by atoms with Crippen LogP contribution in [0, 0.1) is 5.92 Å². The molecule has 0 spiro atoms. The average molecular weight is 296 g/mol. The van der Waals surface area contributed by atoms with Crippen molar-refractivity contribution in [2.75, 3.05) is 13.1 Å². The summed E-state index contributed by atoms with van der Waals surface area (Å²) < 4.78 is 1.75. The van der Waals surface area contributed by atoms with Gasteiger partial charge in [0.2, 0.25) is 0 Å². The third kappa shape index (κ3) is 2.53. The van der Waals surface area contributed by atoms with E-state index in [0.717, 1.165) is 12.8 Å². The SMILES string of the molecule is O=C(O)N1CCC[C@H](Cn2ncc3ncc(Cl)nc32)C1. The van der Waals surface area contributed by atoms with Crippen molar-refractivity contribution in [1.29, 1.82) is 0 Å². The van der Waals surface area contributed by atoms with Crippen molar-refractivity contribution >= 4 is 28.9 Å². The summed E-state index contributed by atoms with van der Waals surface area (Å²) in [7, 11) is 0. The fraction of sp³-hybridized carbons (Fsp3) is 0.500. The fourth-order valence-electron chi connectivity index (χ4n) is 2.59. The molecule has 1 fully saturated rings. The number of fused-ring (bicyclic) bond motifs is 1. The van der Waals surface area contributed by atoms with E-state index in [1.165, 1.54) is 11.1 Å². The highest BCUT2D eigenvalue weighted by Gasteiger charge is 2.24. The Kier molecular flexibility index (Phi) is 3.43. The summed E-state index contributed by atoms with van der Waals surface area (Å²) in [6.07, 6.45) is 4.14. The van der Waals surface area contributed by atoms with Gasteiger partial charge in [-0.2, -0.15) is 5.10 Å². The van der Waals surface area contributed by atoms with Crippen LogP contribution in [0.15, 0.2) is 12.4 Å². The Morgan fingerprint density at radius 2 is 2.35 bits per heavy atom. The maximum Gasteiger partial charge on any atom is 0.407 e. The molecular formula is C12H14ClN5O2. The maximum atomic E-state index is 11.0. The number of aromatic nitrogens is 4. The zero-order valence-corrected chi connectivity index (χ0v) is 11.5. The number of rotatable bonds is 2. The van der Waals surface area contributed by atoms with E-state index in [1.807, 2.05) is 0 Å². The standard InChI is InChI=1S/C12H14ClN5O2/c13-10-5-14-9-4-15-18(11(9)16-10)7-8-2-1-3-17(6-8)12(19)20/h4-5,8H,1-3,6-7H2,(H,19,20)/t8-/m0/s1. The number of hydrogen-bond acceptors (Lipinski definition) is 4. The summed E-state index contributed by atoms with van der Waals surface area (Å²) in [4.78, 5) is 20.9. The van der Waals surface area contributed by atoms with Gasteiger partial charge in [0.05, 0.1) is 12.4 Å². The summed E-state index contributed by atoms with van der Waals surface area (Å²) in [6.45, 7) is 1.77. The highest BCUT2D eigenvalue weighted by atomic mass is 35.5. The maximum absolute atomic E-state index is 11.0. The highest BCUT2D eigenvalue weighted by Crippen LogP contribution is 2.20. The molecule has 1 amide bonds. The number of piperidine rings is 1. The number of likely N-dealkylation sites (tertiary alicyclic amines) is 1. The predicted octanol–water partition coefficient (Wildman–Crippen LogP) is 1.87. The van der Waals surface area contributed by atoms with E-state index in [1.54, 1.807) is 10.9 Å². The number of halogens is 1. The molecule has 1 aliphatic rings. The van der Waals surface area contributed by atoms with Gasteiger partial charge >= 0.3 is 6.09 Å². The first-order valence-corrected chi connectivity index (χ1v) is 6.83. The van der Waals surface area contributed by atoms with Crippen molar-refractivity contribution in [3.63, 3.8) is 0 Å². The van der Waals surface area contributed by atoms with E-state index in [4.69, 9.17) is 16.7 Å². The Labute approximate surface area is 120 Å². The first kappa shape index (κ1) is 13.1. The molecule has 1 saturated heterocycles. The average Bonchev–Trinajstić information content (AvgIpc) is 2.82. The Bertz CT molecular complexity index is 644. The minimum atomic E-state index is -0.858. The second-order valence-corrected chi connectivity index (χ2v) is 5.35. The zero-order chi connectivity index (χ0) is 14.1. The number of amides is 1. The second kappa shape index (κ2) is 5.24. The van der Waals surface area contributed by atoms with Crippen LogP contribution in [0.1, 0.15) is 12.8 Å². The van der Waals surface area contributed by atoms with E-state index in [2.05, 4.69) is 15.1 Å². The van der Waals surface area contributed by atoms with Crippen LogP contribution in [0.5, 0.6) is 0 Å². The summed E-state index contributed by atoms with van der Waals surface area (Å²) in [5, 5.41) is 13.7. The fourth-order valence-corrected chi connectivity index (χ4v) is 2.72. The van der Waals surface area contributed by atoms with Gasteiger partial charge in [0.1, 0.15) is 10.7 Å². The van der Waals surface area contributed by atoms with Crippen molar-refractivity contribution < 1.29 is 9.90 Å². The van der Waals surface area contributed by atoms with Gasteiger partial charge in [0.15, 0.2) is 5.65 Å². The lowest BCUT2D eigenvalue weighted by Crippen LogP contribution is -2.40. The molecule has 0 aliphatic carbocycles. The summed E-state index contributed by atoms with van der Waals surface area (Å²) in [6, 6.07) is 0. The highest BCUT2D eigenvalue weighted by molar-refractivity contribution is 6.29. The summed E-state index contributed by atoms with van der Waals surface area (Å²) in [5.74, 6) is 0.240. The van der Waals surface area contributed by atoms with Crippen LogP contribution in [0.2, 0.25) is 5.15 Å². The molecule has 1 aliphatic heterocycles. The number of carboxylic acid groups (broad SMARTS) is 1. The van der Waals surface area contributed by atoms with Crippen LogP contribution in [0.3, 0.4) is 0 Å². The molecule has 2 aromatic heterocycles. The van der Waals surface area contributed by atoms with Gasteiger partial charge in [-0.05, 0) is 18.8 Å². The van der Waals surface area contributed by atoms with Crippen molar-refractivity contribution in [3.8, 4) is 0 Å².